The van der Waals surface area contributed by atoms with Crippen LogP contribution in [-0.4, -0.2) is 17.5 Å². The first-order valence-electron chi connectivity index (χ1n) is 7.75. The molecule has 3 aromatic rings. The molecule has 0 saturated carbocycles. The summed E-state index contributed by atoms with van der Waals surface area (Å²) in [7, 11) is 0. The van der Waals surface area contributed by atoms with E-state index < -0.39 is 6.61 Å². The van der Waals surface area contributed by atoms with E-state index in [1.165, 1.54) is 23.5 Å². The van der Waals surface area contributed by atoms with E-state index >= 15 is 0 Å². The van der Waals surface area contributed by atoms with Gasteiger partial charge in [-0.2, -0.15) is 8.78 Å². The van der Waals surface area contributed by atoms with Crippen molar-refractivity contribution in [3.63, 3.8) is 0 Å². The largest absolute Gasteiger partial charge is 0.435 e. The van der Waals surface area contributed by atoms with Crippen molar-refractivity contribution in [2.24, 2.45) is 0 Å². The highest BCUT2D eigenvalue weighted by atomic mass is 79.9. The Labute approximate surface area is 166 Å². The molecule has 2 aromatic carbocycles. The summed E-state index contributed by atoms with van der Waals surface area (Å²) in [5.74, 6) is -0.245. The van der Waals surface area contributed by atoms with Crippen LogP contribution in [0.4, 0.5) is 25.3 Å². The fourth-order valence-corrected chi connectivity index (χ4v) is 3.42. The van der Waals surface area contributed by atoms with E-state index in [4.69, 9.17) is 0 Å². The van der Waals surface area contributed by atoms with Crippen LogP contribution in [0.3, 0.4) is 0 Å². The molecule has 0 atom stereocenters. The Balaban J connectivity index is 1.64. The average Bonchev–Trinajstić information content (AvgIpc) is 3.07. The monoisotopic (exact) mass is 453 g/mol. The van der Waals surface area contributed by atoms with Crippen molar-refractivity contribution in [3.8, 4) is 5.75 Å². The van der Waals surface area contributed by atoms with Crippen molar-refractivity contribution in [3.05, 3.63) is 63.6 Å². The van der Waals surface area contributed by atoms with E-state index in [1.54, 1.807) is 17.5 Å². The summed E-state index contributed by atoms with van der Waals surface area (Å²) in [6.45, 7) is -0.964. The van der Waals surface area contributed by atoms with Gasteiger partial charge in [0.2, 0.25) is 0 Å². The number of hydrogen-bond donors (Lipinski definition) is 2. The molecule has 0 unspecified atom stereocenters. The summed E-state index contributed by atoms with van der Waals surface area (Å²) in [6.07, 6.45) is 0. The first kappa shape index (κ1) is 19.2. The number of ether oxygens (including phenoxy) is 1. The second-order valence-corrected chi connectivity index (χ2v) is 7.25. The van der Waals surface area contributed by atoms with Gasteiger partial charge in [0.15, 0.2) is 5.13 Å². The zero-order chi connectivity index (χ0) is 19.4. The van der Waals surface area contributed by atoms with Crippen molar-refractivity contribution in [2.45, 2.75) is 13.5 Å². The summed E-state index contributed by atoms with van der Waals surface area (Å²) in [6, 6.07) is 11.6. The van der Waals surface area contributed by atoms with Crippen LogP contribution in [0.1, 0.15) is 16.1 Å². The third-order valence-electron chi connectivity index (χ3n) is 3.50. The number of anilines is 3. The first-order chi connectivity index (χ1) is 12.9. The molecule has 0 fully saturated rings. The highest BCUT2D eigenvalue weighted by Gasteiger charge is 2.13. The lowest BCUT2D eigenvalue weighted by Gasteiger charge is -2.07. The molecule has 27 heavy (non-hydrogen) atoms. The molecular weight excluding hydrogens is 440 g/mol. The normalized spacial score (nSPS) is 10.7. The Morgan fingerprint density at radius 1 is 1.22 bits per heavy atom. The van der Waals surface area contributed by atoms with Crippen LogP contribution in [0, 0.1) is 6.92 Å². The number of carbonyl (C=O) groups excluding carboxylic acids is 1. The predicted molar refractivity (Wildman–Crippen MR) is 105 cm³/mol. The van der Waals surface area contributed by atoms with Crippen LogP contribution in [0.15, 0.2) is 52.3 Å². The van der Waals surface area contributed by atoms with E-state index in [9.17, 15) is 13.6 Å². The maximum Gasteiger partial charge on any atom is 0.387 e. The average molecular weight is 454 g/mol. The number of rotatable bonds is 6. The van der Waals surface area contributed by atoms with Crippen LogP contribution in [0.5, 0.6) is 5.75 Å². The molecule has 9 heteroatoms. The third kappa shape index (κ3) is 5.24. The fourth-order valence-electron chi connectivity index (χ4n) is 2.23. The van der Waals surface area contributed by atoms with E-state index in [2.05, 4.69) is 36.3 Å². The van der Waals surface area contributed by atoms with Crippen LogP contribution >= 0.6 is 27.3 Å². The predicted octanol–water partition coefficient (Wildman–Crippen LogP) is 5.81. The van der Waals surface area contributed by atoms with E-state index in [1.807, 2.05) is 25.1 Å². The number of amides is 1. The summed E-state index contributed by atoms with van der Waals surface area (Å²) in [4.78, 5) is 16.6. The number of aromatic nitrogens is 1. The number of thiazole rings is 1. The van der Waals surface area contributed by atoms with Gasteiger partial charge in [-0.15, -0.1) is 11.3 Å². The number of nitrogens with one attached hydrogen (secondary N) is 2. The lowest BCUT2D eigenvalue weighted by atomic mass is 10.2. The standard InChI is InChI=1S/C18H14BrF2N3O2S/c1-10-8-11(19)2-7-14(10)23-16(25)15-9-27-18(24-15)22-12-3-5-13(6-4-12)26-17(20)21/h2-9,17H,1H3,(H,22,24)(H,23,25). The highest BCUT2D eigenvalue weighted by molar-refractivity contribution is 9.10. The zero-order valence-corrected chi connectivity index (χ0v) is 16.4. The van der Waals surface area contributed by atoms with Gasteiger partial charge in [0.1, 0.15) is 11.4 Å². The minimum absolute atomic E-state index is 0.0691. The molecule has 140 valence electrons. The molecule has 1 heterocycles. The van der Waals surface area contributed by atoms with E-state index in [0.717, 1.165) is 10.0 Å². The molecule has 0 saturated heterocycles. The van der Waals surface area contributed by atoms with Crippen molar-refractivity contribution < 1.29 is 18.3 Å². The van der Waals surface area contributed by atoms with E-state index in [0.29, 0.717) is 16.5 Å². The summed E-state index contributed by atoms with van der Waals surface area (Å²) < 4.78 is 29.6. The number of alkyl halides is 2. The Bertz CT molecular complexity index is 948. The molecule has 0 radical (unpaired) electrons. The maximum atomic E-state index is 12.4. The van der Waals surface area contributed by atoms with Crippen LogP contribution in [0.25, 0.3) is 0 Å². The minimum atomic E-state index is -2.86. The number of halogens is 3. The second kappa shape index (κ2) is 8.45. The molecule has 1 aromatic heterocycles. The molecule has 0 bridgehead atoms. The molecular formula is C18H14BrF2N3O2S. The molecule has 3 rings (SSSR count). The van der Waals surface area contributed by atoms with Crippen molar-refractivity contribution in [1.29, 1.82) is 0 Å². The number of carbonyl (C=O) groups is 1. The van der Waals surface area contributed by atoms with Crippen LogP contribution in [-0.2, 0) is 0 Å². The lowest BCUT2D eigenvalue weighted by molar-refractivity contribution is -0.0498. The van der Waals surface area contributed by atoms with E-state index in [-0.39, 0.29) is 17.4 Å². The van der Waals surface area contributed by atoms with Gasteiger partial charge >= 0.3 is 6.61 Å². The molecule has 0 aliphatic rings. The summed E-state index contributed by atoms with van der Waals surface area (Å²) in [5, 5.41) is 7.99. The number of aryl methyl sites for hydroxylation is 1. The Morgan fingerprint density at radius 3 is 2.63 bits per heavy atom. The summed E-state index contributed by atoms with van der Waals surface area (Å²) >= 11 is 4.64. The Hall–Kier alpha value is -2.52. The van der Waals surface area contributed by atoms with Gasteiger partial charge in [-0.05, 0) is 55.0 Å². The fraction of sp³-hybridized carbons (Fsp3) is 0.111. The molecule has 1 amide bonds. The topological polar surface area (TPSA) is 63.2 Å². The molecule has 2 N–H and O–H groups in total. The molecule has 0 spiro atoms. The highest BCUT2D eigenvalue weighted by Crippen LogP contribution is 2.25. The Kier molecular flexibility index (Phi) is 6.02. The SMILES string of the molecule is Cc1cc(Br)ccc1NC(=O)c1csc(Nc2ccc(OC(F)F)cc2)n1. The molecule has 5 nitrogen and oxygen atoms in total. The summed E-state index contributed by atoms with van der Waals surface area (Å²) in [5.41, 5.74) is 2.56. The van der Waals surface area contributed by atoms with Gasteiger partial charge in [0, 0.05) is 21.2 Å². The van der Waals surface area contributed by atoms with Crippen LogP contribution < -0.4 is 15.4 Å². The Morgan fingerprint density at radius 2 is 1.96 bits per heavy atom. The number of hydrogen-bond acceptors (Lipinski definition) is 5. The number of nitrogens with zero attached hydrogens (tertiary/aromatic N) is 1. The maximum absolute atomic E-state index is 12.4. The zero-order valence-electron chi connectivity index (χ0n) is 14.0. The van der Waals surface area contributed by atoms with Crippen molar-refractivity contribution in [2.75, 3.05) is 10.6 Å². The smallest absolute Gasteiger partial charge is 0.387 e. The first-order valence-corrected chi connectivity index (χ1v) is 9.43. The van der Waals surface area contributed by atoms with Crippen molar-refractivity contribution in [1.82, 2.24) is 4.98 Å². The van der Waals surface area contributed by atoms with Gasteiger partial charge in [-0.3, -0.25) is 4.79 Å². The lowest BCUT2D eigenvalue weighted by Crippen LogP contribution is -2.13. The van der Waals surface area contributed by atoms with Gasteiger partial charge in [0.05, 0.1) is 0 Å². The van der Waals surface area contributed by atoms with Gasteiger partial charge < -0.3 is 15.4 Å². The van der Waals surface area contributed by atoms with Gasteiger partial charge in [-0.1, -0.05) is 15.9 Å². The second-order valence-electron chi connectivity index (χ2n) is 5.48. The van der Waals surface area contributed by atoms with Gasteiger partial charge in [-0.25, -0.2) is 4.98 Å². The minimum Gasteiger partial charge on any atom is -0.435 e. The quantitative estimate of drug-likeness (QED) is 0.494. The van der Waals surface area contributed by atoms with Crippen molar-refractivity contribution >= 4 is 49.7 Å². The number of benzene rings is 2. The van der Waals surface area contributed by atoms with Crippen LogP contribution in [0.2, 0.25) is 0 Å². The van der Waals surface area contributed by atoms with Gasteiger partial charge in [0.25, 0.3) is 5.91 Å². The molecule has 0 aliphatic carbocycles. The molecule has 0 aliphatic heterocycles. The third-order valence-corrected chi connectivity index (χ3v) is 4.76.